The van der Waals surface area contributed by atoms with E-state index in [4.69, 9.17) is 14.4 Å². The summed E-state index contributed by atoms with van der Waals surface area (Å²) in [6.45, 7) is 0. The van der Waals surface area contributed by atoms with E-state index in [0.29, 0.717) is 0 Å². The van der Waals surface area contributed by atoms with E-state index in [9.17, 15) is 0 Å². The smallest absolute Gasteiger partial charge is 0.161 e. The number of furan rings is 1. The maximum Gasteiger partial charge on any atom is 0.161 e. The van der Waals surface area contributed by atoms with Crippen molar-refractivity contribution in [1.82, 2.24) is 9.97 Å². The highest BCUT2D eigenvalue weighted by Gasteiger charge is 2.61. The molecule has 13 rings (SSSR count). The molecule has 3 aromatic heterocycles. The van der Waals surface area contributed by atoms with Crippen LogP contribution in [-0.4, -0.2) is 9.97 Å². The van der Waals surface area contributed by atoms with Crippen LogP contribution in [0.4, 0.5) is 0 Å². The molecule has 5 aliphatic rings. The second-order valence-electron chi connectivity index (χ2n) is 15.0. The Morgan fingerprint density at radius 3 is 2.19 bits per heavy atom. The van der Waals surface area contributed by atoms with Crippen LogP contribution in [-0.2, 0) is 5.41 Å². The van der Waals surface area contributed by atoms with Crippen LogP contribution < -0.4 is 0 Å². The monoisotopic (exact) mass is 636 g/mol. The molecule has 4 bridgehead atoms. The molecule has 4 fully saturated rings. The molecular formula is C44H32N2OS. The Kier molecular flexibility index (Phi) is 5.02. The van der Waals surface area contributed by atoms with E-state index in [1.165, 1.54) is 58.7 Å². The molecule has 0 unspecified atom stereocenters. The van der Waals surface area contributed by atoms with Gasteiger partial charge in [0, 0.05) is 42.8 Å². The van der Waals surface area contributed by atoms with E-state index >= 15 is 0 Å². The van der Waals surface area contributed by atoms with Crippen LogP contribution in [0.5, 0.6) is 0 Å². The summed E-state index contributed by atoms with van der Waals surface area (Å²) in [6, 6.07) is 40.0. The van der Waals surface area contributed by atoms with Gasteiger partial charge in [-0.25, -0.2) is 9.97 Å². The van der Waals surface area contributed by atoms with E-state index in [1.54, 1.807) is 22.5 Å². The van der Waals surface area contributed by atoms with Crippen LogP contribution in [0.2, 0.25) is 0 Å². The van der Waals surface area contributed by atoms with Crippen molar-refractivity contribution in [2.45, 2.75) is 37.5 Å². The highest BCUT2D eigenvalue weighted by atomic mass is 32.1. The maximum atomic E-state index is 6.64. The van der Waals surface area contributed by atoms with Gasteiger partial charge in [0.25, 0.3) is 0 Å². The third kappa shape index (κ3) is 3.29. The quantitative estimate of drug-likeness (QED) is 0.189. The molecule has 4 heteroatoms. The Balaban J connectivity index is 1.08. The summed E-state index contributed by atoms with van der Waals surface area (Å²) >= 11 is 1.75. The molecule has 0 radical (unpaired) electrons. The van der Waals surface area contributed by atoms with E-state index in [0.717, 1.165) is 73.1 Å². The average molecular weight is 637 g/mol. The molecule has 0 aliphatic heterocycles. The van der Waals surface area contributed by atoms with Gasteiger partial charge < -0.3 is 4.42 Å². The van der Waals surface area contributed by atoms with Gasteiger partial charge >= 0.3 is 0 Å². The third-order valence-corrected chi connectivity index (χ3v) is 13.8. The lowest BCUT2D eigenvalue weighted by molar-refractivity contribution is -0.0399. The van der Waals surface area contributed by atoms with Crippen LogP contribution in [0.3, 0.4) is 0 Å². The van der Waals surface area contributed by atoms with Crippen molar-refractivity contribution in [2.75, 3.05) is 0 Å². The van der Waals surface area contributed by atoms with Crippen molar-refractivity contribution < 1.29 is 4.42 Å². The van der Waals surface area contributed by atoms with Gasteiger partial charge in [0.15, 0.2) is 5.82 Å². The zero-order valence-corrected chi connectivity index (χ0v) is 27.3. The summed E-state index contributed by atoms with van der Waals surface area (Å²) in [4.78, 5) is 11.5. The first kappa shape index (κ1) is 26.2. The fourth-order valence-electron chi connectivity index (χ4n) is 11.1. The fraction of sp³-hybridized carbons (Fsp3) is 0.227. The summed E-state index contributed by atoms with van der Waals surface area (Å²) in [6.07, 6.45) is 7.01. The number of hydrogen-bond acceptors (Lipinski definition) is 4. The minimum Gasteiger partial charge on any atom is -0.456 e. The van der Waals surface area contributed by atoms with Gasteiger partial charge in [-0.3, -0.25) is 0 Å². The van der Waals surface area contributed by atoms with Gasteiger partial charge in [0.05, 0.1) is 5.69 Å². The maximum absolute atomic E-state index is 6.64. The fourth-order valence-corrected chi connectivity index (χ4v) is 12.2. The lowest BCUT2D eigenvalue weighted by Crippen LogP contribution is -2.55. The van der Waals surface area contributed by atoms with E-state index in [-0.39, 0.29) is 5.41 Å². The molecule has 5 aliphatic carbocycles. The van der Waals surface area contributed by atoms with Crippen molar-refractivity contribution in [1.29, 1.82) is 0 Å². The van der Waals surface area contributed by atoms with Gasteiger partial charge in [-0.2, -0.15) is 0 Å². The van der Waals surface area contributed by atoms with Gasteiger partial charge in [-0.15, -0.1) is 11.3 Å². The second kappa shape index (κ2) is 9.21. The first-order chi connectivity index (χ1) is 23.7. The lowest BCUT2D eigenvalue weighted by Gasteiger charge is -2.61. The molecule has 48 heavy (non-hydrogen) atoms. The summed E-state index contributed by atoms with van der Waals surface area (Å²) in [5.41, 5.74) is 11.1. The number of thiophene rings is 1. The van der Waals surface area contributed by atoms with Crippen LogP contribution in [0.15, 0.2) is 114 Å². The molecule has 0 N–H and O–H groups in total. The van der Waals surface area contributed by atoms with Crippen molar-refractivity contribution in [3.8, 4) is 33.8 Å². The summed E-state index contributed by atoms with van der Waals surface area (Å²) in [7, 11) is 0. The normalized spacial score (nSPS) is 25.2. The third-order valence-electron chi connectivity index (χ3n) is 12.7. The molecule has 3 nitrogen and oxygen atoms in total. The van der Waals surface area contributed by atoms with E-state index in [1.807, 2.05) is 0 Å². The highest BCUT2D eigenvalue weighted by molar-refractivity contribution is 7.25. The molecule has 3 heterocycles. The molecule has 1 spiro atoms. The van der Waals surface area contributed by atoms with Gasteiger partial charge in [-0.05, 0) is 114 Å². The number of benzene rings is 5. The zero-order chi connectivity index (χ0) is 31.1. The van der Waals surface area contributed by atoms with E-state index in [2.05, 4.69) is 109 Å². The van der Waals surface area contributed by atoms with Crippen molar-refractivity contribution in [3.05, 3.63) is 120 Å². The molecule has 8 aromatic rings. The Bertz CT molecular complexity index is 2620. The van der Waals surface area contributed by atoms with Crippen LogP contribution in [0.1, 0.15) is 43.2 Å². The number of rotatable bonds is 2. The topological polar surface area (TPSA) is 38.9 Å². The average Bonchev–Trinajstić information content (AvgIpc) is 3.77. The lowest BCUT2D eigenvalue weighted by atomic mass is 9.43. The number of hydrogen-bond donors (Lipinski definition) is 0. The summed E-state index contributed by atoms with van der Waals surface area (Å²) < 4.78 is 7.88. The van der Waals surface area contributed by atoms with Gasteiger partial charge in [0.1, 0.15) is 16.0 Å². The Hall–Kier alpha value is -4.80. The molecule has 5 aromatic carbocycles. The predicted molar refractivity (Wildman–Crippen MR) is 196 cm³/mol. The van der Waals surface area contributed by atoms with Gasteiger partial charge in [0.2, 0.25) is 0 Å². The second-order valence-corrected chi connectivity index (χ2v) is 16.0. The van der Waals surface area contributed by atoms with E-state index < -0.39 is 0 Å². The zero-order valence-electron chi connectivity index (χ0n) is 26.4. The molecule has 230 valence electrons. The van der Waals surface area contributed by atoms with Gasteiger partial charge in [-0.1, -0.05) is 72.8 Å². The van der Waals surface area contributed by atoms with Crippen LogP contribution in [0.25, 0.3) is 76.0 Å². The Morgan fingerprint density at radius 2 is 1.33 bits per heavy atom. The van der Waals surface area contributed by atoms with Crippen molar-refractivity contribution >= 4 is 53.6 Å². The molecule has 0 amide bonds. The standard InChI is InChI=1S/C44H32N2OS/c1-2-8-26(9-3-1)41-40-31-11-5-7-13-39(31)48-43(40)46-42(45-41)27-14-15-37-33(21-27)34-22-36-32(23-38(34)47-37)30-10-4-6-12-35(30)44(36)28-17-24-16-25(19-28)20-29(44)18-24/h1-15,21-25,28-29H,16-20H2. The largest absolute Gasteiger partial charge is 0.456 e. The SMILES string of the molecule is c1ccc(-c2nc(-c3ccc4oc5cc6c(cc5c4c3)C3(c4ccccc4-6)C4CC5CC(C4)CC3C5)nc3sc4ccccc4c23)cc1. The molecular weight excluding hydrogens is 605 g/mol. The van der Waals surface area contributed by atoms with Crippen LogP contribution in [0, 0.1) is 23.7 Å². The molecule has 0 atom stereocenters. The molecule has 0 saturated heterocycles. The first-order valence-corrected chi connectivity index (χ1v) is 18.4. The van der Waals surface area contributed by atoms with Crippen molar-refractivity contribution in [3.63, 3.8) is 0 Å². The summed E-state index contributed by atoms with van der Waals surface area (Å²) in [5.74, 6) is 4.08. The number of aromatic nitrogens is 2. The number of fused-ring (bicyclic) bond motifs is 9. The minimum absolute atomic E-state index is 0.134. The highest BCUT2D eigenvalue weighted by Crippen LogP contribution is 2.69. The number of nitrogens with zero attached hydrogens (tertiary/aromatic N) is 2. The Labute approximate surface area is 282 Å². The van der Waals surface area contributed by atoms with Crippen LogP contribution >= 0.6 is 11.3 Å². The first-order valence-electron chi connectivity index (χ1n) is 17.6. The summed E-state index contributed by atoms with van der Waals surface area (Å²) in [5, 5.41) is 4.73. The predicted octanol–water partition coefficient (Wildman–Crippen LogP) is 11.8. The van der Waals surface area contributed by atoms with Crippen molar-refractivity contribution in [2.24, 2.45) is 23.7 Å². The molecule has 4 saturated carbocycles. The minimum atomic E-state index is 0.134. The Morgan fingerprint density at radius 1 is 0.583 bits per heavy atom.